The van der Waals surface area contributed by atoms with Crippen molar-refractivity contribution in [3.8, 4) is 5.75 Å². The third-order valence-corrected chi connectivity index (χ3v) is 2.76. The highest BCUT2D eigenvalue weighted by Crippen LogP contribution is 2.16. The molecule has 0 aliphatic rings. The second kappa shape index (κ2) is 9.29. The molecule has 0 bridgehead atoms. The molecule has 1 aromatic carbocycles. The van der Waals surface area contributed by atoms with Crippen molar-refractivity contribution in [3.05, 3.63) is 24.3 Å². The predicted molar refractivity (Wildman–Crippen MR) is 87.5 cm³/mol. The Morgan fingerprint density at radius 3 is 2.78 bits per heavy atom. The van der Waals surface area contributed by atoms with Gasteiger partial charge < -0.3 is 25.4 Å². The highest BCUT2D eigenvalue weighted by molar-refractivity contribution is 5.99. The predicted octanol–water partition coefficient (Wildman–Crippen LogP) is 1.43. The van der Waals surface area contributed by atoms with E-state index >= 15 is 0 Å². The molecule has 0 atom stereocenters. The molecule has 2 amide bonds. The number of ether oxygens (including phenoxy) is 2. The number of anilines is 1. The summed E-state index contributed by atoms with van der Waals surface area (Å²) in [5.74, 6) is 0.0927. The van der Waals surface area contributed by atoms with Crippen LogP contribution < -0.4 is 15.8 Å². The largest absolute Gasteiger partial charge is 0.497 e. The first-order chi connectivity index (χ1) is 11.0. The lowest BCUT2D eigenvalue weighted by Crippen LogP contribution is -2.39. The van der Waals surface area contributed by atoms with Crippen LogP contribution in [0.3, 0.4) is 0 Å². The van der Waals surface area contributed by atoms with Crippen LogP contribution in [0.2, 0.25) is 0 Å². The van der Waals surface area contributed by atoms with Crippen LogP contribution in [-0.2, 0) is 9.53 Å². The van der Waals surface area contributed by atoms with Gasteiger partial charge in [-0.1, -0.05) is 13.0 Å². The number of carbonyl (C=O) groups is 2. The van der Waals surface area contributed by atoms with Crippen molar-refractivity contribution in [3.63, 3.8) is 0 Å². The van der Waals surface area contributed by atoms with E-state index in [1.807, 2.05) is 6.92 Å². The van der Waals surface area contributed by atoms with Crippen LogP contribution >= 0.6 is 0 Å². The van der Waals surface area contributed by atoms with Gasteiger partial charge in [-0.15, -0.1) is 0 Å². The zero-order valence-electron chi connectivity index (χ0n) is 13.5. The van der Waals surface area contributed by atoms with Gasteiger partial charge in [0.1, 0.15) is 12.3 Å². The number of esters is 1. The second-order valence-corrected chi connectivity index (χ2v) is 4.71. The summed E-state index contributed by atoms with van der Waals surface area (Å²) in [6.45, 7) is 2.16. The molecule has 0 heterocycles. The van der Waals surface area contributed by atoms with Gasteiger partial charge in [-0.2, -0.15) is 4.99 Å². The number of nitrogens with zero attached hydrogens (tertiary/aromatic N) is 2. The molecule has 0 saturated carbocycles. The molecule has 0 aliphatic carbocycles. The van der Waals surface area contributed by atoms with Crippen molar-refractivity contribution in [2.24, 2.45) is 10.7 Å². The Balaban J connectivity index is 2.58. The van der Waals surface area contributed by atoms with E-state index in [9.17, 15) is 9.59 Å². The number of hydrogen-bond donors (Lipinski definition) is 2. The van der Waals surface area contributed by atoms with Gasteiger partial charge >= 0.3 is 12.0 Å². The van der Waals surface area contributed by atoms with Crippen LogP contribution in [0.5, 0.6) is 5.75 Å². The average molecular weight is 322 g/mol. The number of guanidine groups is 1. The number of methoxy groups -OCH3 is 1. The maximum atomic E-state index is 11.8. The highest BCUT2D eigenvalue weighted by Gasteiger charge is 2.11. The Morgan fingerprint density at radius 2 is 2.13 bits per heavy atom. The van der Waals surface area contributed by atoms with Gasteiger partial charge in [0.2, 0.25) is 5.96 Å². The summed E-state index contributed by atoms with van der Waals surface area (Å²) in [5, 5.41) is 2.56. The van der Waals surface area contributed by atoms with Gasteiger partial charge in [-0.25, -0.2) is 4.79 Å². The van der Waals surface area contributed by atoms with Gasteiger partial charge in [-0.3, -0.25) is 4.79 Å². The molecule has 0 spiro atoms. The summed E-state index contributed by atoms with van der Waals surface area (Å²) in [4.78, 5) is 28.3. The topological polar surface area (TPSA) is 106 Å². The smallest absolute Gasteiger partial charge is 0.348 e. The lowest BCUT2D eigenvalue weighted by molar-refractivity contribution is -0.143. The Bertz CT molecular complexity index is 574. The summed E-state index contributed by atoms with van der Waals surface area (Å²) in [6, 6.07) is 6.18. The molecular weight excluding hydrogens is 300 g/mol. The minimum Gasteiger partial charge on any atom is -0.497 e. The number of likely N-dealkylation sites (N-methyl/N-ethyl adjacent to an activating group) is 1. The maximum absolute atomic E-state index is 11.8. The lowest BCUT2D eigenvalue weighted by atomic mass is 10.3. The molecule has 0 aromatic heterocycles. The van der Waals surface area contributed by atoms with Gasteiger partial charge in [0.15, 0.2) is 0 Å². The van der Waals surface area contributed by atoms with Gasteiger partial charge in [0.25, 0.3) is 0 Å². The van der Waals surface area contributed by atoms with Crippen LogP contribution in [0.25, 0.3) is 0 Å². The number of urea groups is 1. The number of carbonyl (C=O) groups excluding carboxylic acids is 2. The van der Waals surface area contributed by atoms with Crippen molar-refractivity contribution in [1.29, 1.82) is 0 Å². The number of aliphatic imine (C=N–C) groups is 1. The standard InChI is InChI=1S/C15H22N4O4/c1-4-8-23-13(20)10-19(2)14(16)18-15(21)17-11-6-5-7-12(9-11)22-3/h5-7,9H,4,8,10H2,1-3H3,(H3,16,17,18,21). The monoisotopic (exact) mass is 322 g/mol. The molecule has 1 rings (SSSR count). The minimum atomic E-state index is -0.649. The van der Waals surface area contributed by atoms with E-state index < -0.39 is 12.0 Å². The molecule has 0 fully saturated rings. The average Bonchev–Trinajstić information content (AvgIpc) is 2.52. The maximum Gasteiger partial charge on any atom is 0.348 e. The Labute approximate surface area is 135 Å². The summed E-state index contributed by atoms with van der Waals surface area (Å²) < 4.78 is 9.99. The molecule has 8 nitrogen and oxygen atoms in total. The number of nitrogens with two attached hydrogens (primary N) is 1. The van der Waals surface area contributed by atoms with Crippen molar-refractivity contribution >= 4 is 23.6 Å². The van der Waals surface area contributed by atoms with E-state index in [4.69, 9.17) is 15.2 Å². The van der Waals surface area contributed by atoms with Crippen molar-refractivity contribution in [1.82, 2.24) is 4.90 Å². The molecule has 1 aromatic rings. The minimum absolute atomic E-state index is 0.0816. The van der Waals surface area contributed by atoms with Gasteiger partial charge in [-0.05, 0) is 18.6 Å². The molecule has 0 saturated heterocycles. The number of benzene rings is 1. The molecule has 0 aliphatic heterocycles. The van der Waals surface area contributed by atoms with E-state index in [2.05, 4.69) is 10.3 Å². The fourth-order valence-corrected chi connectivity index (χ4v) is 1.58. The fraction of sp³-hybridized carbons (Fsp3) is 0.400. The first-order valence-electron chi connectivity index (χ1n) is 7.12. The first kappa shape index (κ1) is 18.3. The summed E-state index contributed by atoms with van der Waals surface area (Å²) in [5.41, 5.74) is 6.21. The molecule has 3 N–H and O–H groups in total. The van der Waals surface area contributed by atoms with E-state index in [1.165, 1.54) is 12.0 Å². The van der Waals surface area contributed by atoms with Crippen molar-refractivity contribution in [2.75, 3.05) is 32.6 Å². The normalized spacial score (nSPS) is 10.8. The molecule has 0 unspecified atom stereocenters. The summed E-state index contributed by atoms with van der Waals surface area (Å²) >= 11 is 0. The quantitative estimate of drug-likeness (QED) is 0.466. The Kier molecular flexibility index (Phi) is 7.38. The fourth-order valence-electron chi connectivity index (χ4n) is 1.58. The van der Waals surface area contributed by atoms with Crippen LogP contribution in [0, 0.1) is 0 Å². The van der Waals surface area contributed by atoms with Gasteiger partial charge in [0, 0.05) is 18.8 Å². The molecule has 8 heteroatoms. The lowest BCUT2D eigenvalue weighted by Gasteiger charge is -2.16. The third-order valence-electron chi connectivity index (χ3n) is 2.76. The Hall–Kier alpha value is -2.77. The highest BCUT2D eigenvalue weighted by atomic mass is 16.5. The van der Waals surface area contributed by atoms with E-state index in [0.29, 0.717) is 18.0 Å². The molecule has 0 radical (unpaired) electrons. The first-order valence-corrected chi connectivity index (χ1v) is 7.12. The number of nitrogens with one attached hydrogen (secondary N) is 1. The van der Waals surface area contributed by atoms with E-state index in [1.54, 1.807) is 31.3 Å². The summed E-state index contributed by atoms with van der Waals surface area (Å²) in [6.07, 6.45) is 0.738. The zero-order chi connectivity index (χ0) is 17.2. The molecule has 126 valence electrons. The second-order valence-electron chi connectivity index (χ2n) is 4.71. The zero-order valence-corrected chi connectivity index (χ0v) is 13.5. The van der Waals surface area contributed by atoms with Crippen molar-refractivity contribution < 1.29 is 19.1 Å². The summed E-state index contributed by atoms with van der Waals surface area (Å²) in [7, 11) is 3.08. The number of amides is 2. The molecule has 23 heavy (non-hydrogen) atoms. The van der Waals surface area contributed by atoms with E-state index in [0.717, 1.165) is 6.42 Å². The van der Waals surface area contributed by atoms with E-state index in [-0.39, 0.29) is 12.5 Å². The van der Waals surface area contributed by atoms with Crippen LogP contribution in [0.4, 0.5) is 10.5 Å². The van der Waals surface area contributed by atoms with Crippen LogP contribution in [0.1, 0.15) is 13.3 Å². The SMILES string of the molecule is CCCOC(=O)CN(C)C(N)=NC(=O)Nc1cccc(OC)c1. The van der Waals surface area contributed by atoms with Crippen LogP contribution in [-0.4, -0.2) is 50.2 Å². The Morgan fingerprint density at radius 1 is 1.39 bits per heavy atom. The van der Waals surface area contributed by atoms with Crippen molar-refractivity contribution in [2.45, 2.75) is 13.3 Å². The number of hydrogen-bond acceptors (Lipinski definition) is 4. The van der Waals surface area contributed by atoms with Crippen LogP contribution in [0.15, 0.2) is 29.3 Å². The third kappa shape index (κ3) is 6.68. The number of rotatable bonds is 6. The van der Waals surface area contributed by atoms with Gasteiger partial charge in [0.05, 0.1) is 13.7 Å². The molecular formula is C15H22N4O4.